The number of carbonyl (C=O) groups is 1. The summed E-state index contributed by atoms with van der Waals surface area (Å²) in [7, 11) is 0. The highest BCUT2D eigenvalue weighted by Gasteiger charge is 2.19. The molecule has 0 aromatic heterocycles. The van der Waals surface area contributed by atoms with Gasteiger partial charge in [-0.25, -0.2) is 9.18 Å². The first kappa shape index (κ1) is 23.9. The maximum atomic E-state index is 13.4. The maximum Gasteiger partial charge on any atom is 0.341 e. The zero-order chi connectivity index (χ0) is 23.3. The van der Waals surface area contributed by atoms with Gasteiger partial charge in [-0.3, -0.25) is 0 Å². The van der Waals surface area contributed by atoms with E-state index >= 15 is 0 Å². The molecule has 1 unspecified atom stereocenters. The molecule has 0 saturated heterocycles. The number of ether oxygens (including phenoxy) is 1. The van der Waals surface area contributed by atoms with Crippen molar-refractivity contribution in [2.45, 2.75) is 18.8 Å². The van der Waals surface area contributed by atoms with Crippen LogP contribution in [0.4, 0.5) is 4.39 Å². The number of phenolic OH excluding ortho intramolecular Hbond substituents is 1. The van der Waals surface area contributed by atoms with Crippen LogP contribution in [0.1, 0.15) is 34.6 Å². The van der Waals surface area contributed by atoms with Gasteiger partial charge in [0.15, 0.2) is 6.61 Å². The Kier molecular flexibility index (Phi) is 7.96. The van der Waals surface area contributed by atoms with Crippen molar-refractivity contribution in [2.24, 2.45) is 0 Å². The smallest absolute Gasteiger partial charge is 0.341 e. The van der Waals surface area contributed by atoms with Gasteiger partial charge >= 0.3 is 5.97 Å². The average molecular weight is 479 g/mol. The quantitative estimate of drug-likeness (QED) is 0.382. The van der Waals surface area contributed by atoms with Gasteiger partial charge in [0.1, 0.15) is 17.3 Å². The first-order chi connectivity index (χ1) is 15.3. The molecule has 0 fully saturated rings. The highest BCUT2D eigenvalue weighted by molar-refractivity contribution is 6.36. The summed E-state index contributed by atoms with van der Waals surface area (Å²) in [6.07, 6.45) is 0.694. The molecule has 0 radical (unpaired) electrons. The van der Waals surface area contributed by atoms with Crippen LogP contribution in [0.5, 0.6) is 11.5 Å². The molecule has 5 nitrogen and oxygen atoms in total. The molecular formula is C24H21Cl2FO5. The minimum atomic E-state index is -1.11. The Bertz CT molecular complexity index is 1080. The van der Waals surface area contributed by atoms with E-state index in [1.807, 2.05) is 0 Å². The zero-order valence-corrected chi connectivity index (χ0v) is 18.4. The monoisotopic (exact) mass is 478 g/mol. The predicted octanol–water partition coefficient (Wildman–Crippen LogP) is 5.41. The molecule has 0 heterocycles. The van der Waals surface area contributed by atoms with E-state index in [4.69, 9.17) is 33.0 Å². The number of aromatic hydroxyl groups is 1. The molecule has 3 aromatic rings. The van der Waals surface area contributed by atoms with Gasteiger partial charge in [-0.2, -0.15) is 0 Å². The van der Waals surface area contributed by atoms with Gasteiger partial charge in [-0.15, -0.1) is 0 Å². The Labute approximate surface area is 194 Å². The highest BCUT2D eigenvalue weighted by atomic mass is 35.5. The van der Waals surface area contributed by atoms with E-state index in [1.54, 1.807) is 30.3 Å². The summed E-state index contributed by atoms with van der Waals surface area (Å²) in [5.74, 6) is -1.51. The van der Waals surface area contributed by atoms with Crippen LogP contribution in [0.25, 0.3) is 0 Å². The molecule has 3 rings (SSSR count). The number of benzene rings is 3. The van der Waals surface area contributed by atoms with E-state index in [2.05, 4.69) is 0 Å². The van der Waals surface area contributed by atoms with Crippen molar-refractivity contribution < 1.29 is 29.2 Å². The summed E-state index contributed by atoms with van der Waals surface area (Å²) in [5.41, 5.74) is 2.79. The molecule has 3 N–H and O–H groups in total. The second-order valence-electron chi connectivity index (χ2n) is 7.23. The van der Waals surface area contributed by atoms with Crippen LogP contribution >= 0.6 is 23.2 Å². The van der Waals surface area contributed by atoms with E-state index in [1.165, 1.54) is 24.3 Å². The van der Waals surface area contributed by atoms with Crippen molar-refractivity contribution in [1.29, 1.82) is 0 Å². The van der Waals surface area contributed by atoms with Gasteiger partial charge in [-0.05, 0) is 53.4 Å². The maximum absolute atomic E-state index is 13.4. The number of carboxylic acid groups (broad SMARTS) is 1. The first-order valence-electron chi connectivity index (χ1n) is 9.79. The summed E-state index contributed by atoms with van der Waals surface area (Å²) in [5, 5.41) is 29.4. The fourth-order valence-electron chi connectivity index (χ4n) is 3.50. The molecule has 32 heavy (non-hydrogen) atoms. The Morgan fingerprint density at radius 3 is 2.28 bits per heavy atom. The lowest BCUT2D eigenvalue weighted by molar-refractivity contribution is -0.139. The van der Waals surface area contributed by atoms with Gasteiger partial charge in [0.25, 0.3) is 0 Å². The summed E-state index contributed by atoms with van der Waals surface area (Å²) < 4.78 is 18.5. The Balaban J connectivity index is 1.91. The van der Waals surface area contributed by atoms with Gasteiger partial charge in [0, 0.05) is 34.6 Å². The molecule has 8 heteroatoms. The van der Waals surface area contributed by atoms with Gasteiger partial charge in [0.2, 0.25) is 0 Å². The van der Waals surface area contributed by atoms with E-state index in [0.717, 1.165) is 11.1 Å². The van der Waals surface area contributed by atoms with Crippen LogP contribution in [0.15, 0.2) is 54.6 Å². The molecule has 1 atom stereocenters. The Morgan fingerprint density at radius 1 is 1.03 bits per heavy atom. The van der Waals surface area contributed by atoms with Crippen molar-refractivity contribution in [1.82, 2.24) is 0 Å². The van der Waals surface area contributed by atoms with Crippen LogP contribution in [0.2, 0.25) is 10.0 Å². The predicted molar refractivity (Wildman–Crippen MR) is 120 cm³/mol. The van der Waals surface area contributed by atoms with Crippen molar-refractivity contribution in [3.8, 4) is 11.5 Å². The van der Waals surface area contributed by atoms with Crippen LogP contribution in [0, 0.1) is 5.82 Å². The minimum absolute atomic E-state index is 0.0612. The normalized spacial score (nSPS) is 11.9. The Morgan fingerprint density at radius 2 is 1.69 bits per heavy atom. The highest BCUT2D eigenvalue weighted by Crippen LogP contribution is 2.37. The fourth-order valence-corrected chi connectivity index (χ4v) is 4.10. The molecule has 0 aliphatic rings. The number of carboxylic acids is 1. The molecule has 0 bridgehead atoms. The van der Waals surface area contributed by atoms with Crippen molar-refractivity contribution in [3.05, 3.63) is 92.7 Å². The van der Waals surface area contributed by atoms with Crippen LogP contribution in [-0.2, 0) is 11.2 Å². The van der Waals surface area contributed by atoms with Gasteiger partial charge < -0.3 is 20.1 Å². The standard InChI is InChI=1S/C24H21Cl2FO5/c25-21-11-17(32-13-24(30)31)12-22(26)20(21)10-14-1-6-23(29)19(9-14)18(7-8-28)15-2-4-16(27)5-3-15/h1-6,9,11-12,18,28-29H,7-8,10,13H2,(H,30,31). The molecule has 0 spiro atoms. The number of aliphatic carboxylic acids is 1. The lowest BCUT2D eigenvalue weighted by Gasteiger charge is -2.20. The number of halogens is 3. The number of aliphatic hydroxyl groups excluding tert-OH is 1. The molecule has 0 amide bonds. The van der Waals surface area contributed by atoms with Crippen LogP contribution in [0.3, 0.4) is 0 Å². The number of hydrogen-bond donors (Lipinski definition) is 3. The second kappa shape index (κ2) is 10.7. The topological polar surface area (TPSA) is 87.0 Å². The van der Waals surface area contributed by atoms with E-state index in [-0.39, 0.29) is 29.8 Å². The molecule has 0 aliphatic heterocycles. The number of phenols is 1. The number of rotatable bonds is 9. The molecule has 0 aliphatic carbocycles. The van der Waals surface area contributed by atoms with Crippen LogP contribution < -0.4 is 4.74 Å². The summed E-state index contributed by atoms with van der Waals surface area (Å²) in [4.78, 5) is 10.7. The SMILES string of the molecule is O=C(O)COc1cc(Cl)c(Cc2ccc(O)c(C(CCO)c3ccc(F)cc3)c2)c(Cl)c1. The van der Waals surface area contributed by atoms with Gasteiger partial charge in [0.05, 0.1) is 0 Å². The lowest BCUT2D eigenvalue weighted by atomic mass is 9.86. The molecule has 0 saturated carbocycles. The van der Waals surface area contributed by atoms with Crippen molar-refractivity contribution in [2.75, 3.05) is 13.2 Å². The molecule has 168 valence electrons. The second-order valence-corrected chi connectivity index (χ2v) is 8.05. The summed E-state index contributed by atoms with van der Waals surface area (Å²) >= 11 is 12.7. The van der Waals surface area contributed by atoms with Crippen molar-refractivity contribution in [3.63, 3.8) is 0 Å². The molecule has 3 aromatic carbocycles. The third-order valence-electron chi connectivity index (χ3n) is 5.02. The summed E-state index contributed by atoms with van der Waals surface area (Å²) in [6.45, 7) is -0.621. The third kappa shape index (κ3) is 5.91. The summed E-state index contributed by atoms with van der Waals surface area (Å²) in [6, 6.07) is 14.0. The number of aliphatic hydroxyl groups is 1. The lowest BCUT2D eigenvalue weighted by Crippen LogP contribution is -2.09. The zero-order valence-electron chi connectivity index (χ0n) is 16.9. The van der Waals surface area contributed by atoms with E-state index in [0.29, 0.717) is 34.0 Å². The van der Waals surface area contributed by atoms with Gasteiger partial charge in [-0.1, -0.05) is 47.5 Å². The Hall–Kier alpha value is -2.80. The largest absolute Gasteiger partial charge is 0.508 e. The minimum Gasteiger partial charge on any atom is -0.508 e. The van der Waals surface area contributed by atoms with Crippen molar-refractivity contribution >= 4 is 29.2 Å². The van der Waals surface area contributed by atoms with E-state index in [9.17, 15) is 19.4 Å². The molecular weight excluding hydrogens is 458 g/mol. The van der Waals surface area contributed by atoms with E-state index < -0.39 is 12.6 Å². The first-order valence-corrected chi connectivity index (χ1v) is 10.5. The third-order valence-corrected chi connectivity index (χ3v) is 5.69. The number of hydrogen-bond acceptors (Lipinski definition) is 4. The average Bonchev–Trinajstić information content (AvgIpc) is 2.75. The van der Waals surface area contributed by atoms with Crippen LogP contribution in [-0.4, -0.2) is 34.5 Å². The fraction of sp³-hybridized carbons (Fsp3) is 0.208.